The molecule has 0 aromatic heterocycles. The average molecular weight is 347 g/mol. The maximum Gasteiger partial charge on any atom is 0.407 e. The molecular formula is C22H21NO3. The Kier molecular flexibility index (Phi) is 5.64. The molecule has 0 saturated heterocycles. The van der Waals surface area contributed by atoms with Crippen LogP contribution in [0, 0.1) is 5.92 Å². The number of carbonyl (C=O) groups is 2. The van der Waals surface area contributed by atoms with E-state index in [1.54, 1.807) is 6.92 Å². The molecular weight excluding hydrogens is 326 g/mol. The Labute approximate surface area is 152 Å². The van der Waals surface area contributed by atoms with Crippen LogP contribution in [-0.4, -0.2) is 12.4 Å². The summed E-state index contributed by atoms with van der Waals surface area (Å²) in [6, 6.07) is 22.8. The van der Waals surface area contributed by atoms with Crippen LogP contribution in [0.25, 0.3) is 10.8 Å². The van der Waals surface area contributed by atoms with Crippen molar-refractivity contribution in [3.63, 3.8) is 0 Å². The number of hydrogen-bond acceptors (Lipinski definition) is 3. The van der Waals surface area contributed by atoms with Crippen molar-refractivity contribution in [3.8, 4) is 0 Å². The maximum atomic E-state index is 12.3. The van der Waals surface area contributed by atoms with Crippen LogP contribution in [-0.2, 0) is 16.1 Å². The summed E-state index contributed by atoms with van der Waals surface area (Å²) in [6.45, 7) is 1.97. The predicted molar refractivity (Wildman–Crippen MR) is 102 cm³/mol. The summed E-state index contributed by atoms with van der Waals surface area (Å²) in [5.41, 5.74) is 1.81. The highest BCUT2D eigenvalue weighted by atomic mass is 16.5. The molecule has 1 amide bonds. The van der Waals surface area contributed by atoms with Gasteiger partial charge in [0.15, 0.2) is 0 Å². The molecule has 1 N–H and O–H groups in total. The van der Waals surface area contributed by atoms with Gasteiger partial charge in [0.05, 0.1) is 6.04 Å². The molecule has 26 heavy (non-hydrogen) atoms. The maximum absolute atomic E-state index is 12.3. The van der Waals surface area contributed by atoms with Crippen LogP contribution in [0.15, 0.2) is 72.8 Å². The van der Waals surface area contributed by atoms with Gasteiger partial charge in [-0.1, -0.05) is 79.7 Å². The monoisotopic (exact) mass is 347 g/mol. The van der Waals surface area contributed by atoms with Crippen molar-refractivity contribution in [1.82, 2.24) is 5.32 Å². The van der Waals surface area contributed by atoms with Gasteiger partial charge in [-0.05, 0) is 21.9 Å². The molecule has 0 aliphatic heterocycles. The van der Waals surface area contributed by atoms with Crippen molar-refractivity contribution in [2.45, 2.75) is 19.6 Å². The smallest absolute Gasteiger partial charge is 0.407 e. The predicted octanol–water partition coefficient (Wildman–Crippen LogP) is 4.64. The molecule has 2 atom stereocenters. The number of amides is 1. The van der Waals surface area contributed by atoms with Gasteiger partial charge in [-0.25, -0.2) is 4.79 Å². The second-order valence-electron chi connectivity index (χ2n) is 6.25. The molecule has 0 radical (unpaired) electrons. The fourth-order valence-electron chi connectivity index (χ4n) is 2.98. The van der Waals surface area contributed by atoms with E-state index in [0.29, 0.717) is 0 Å². The summed E-state index contributed by atoms with van der Waals surface area (Å²) in [7, 11) is 0. The molecule has 0 fully saturated rings. The standard InChI is InChI=1S/C22H21NO3/c1-16(14-24)21(20-13-7-11-18-10-5-6-12-19(18)20)23-22(25)26-15-17-8-3-2-4-9-17/h2-14,16,21H,15H2,1H3,(H,23,25)/t16-,21+/m1/s1. The van der Waals surface area contributed by atoms with E-state index in [1.807, 2.05) is 72.8 Å². The zero-order valence-corrected chi connectivity index (χ0v) is 14.6. The molecule has 4 nitrogen and oxygen atoms in total. The number of carbonyl (C=O) groups excluding carboxylic acids is 2. The minimum atomic E-state index is -0.541. The molecule has 132 valence electrons. The first-order valence-electron chi connectivity index (χ1n) is 8.59. The highest BCUT2D eigenvalue weighted by Gasteiger charge is 2.23. The quantitative estimate of drug-likeness (QED) is 0.661. The van der Waals surface area contributed by atoms with E-state index in [-0.39, 0.29) is 12.5 Å². The minimum absolute atomic E-state index is 0.185. The first-order chi connectivity index (χ1) is 12.7. The third kappa shape index (κ3) is 4.09. The number of aldehydes is 1. The van der Waals surface area contributed by atoms with Crippen LogP contribution in [0.5, 0.6) is 0 Å². The van der Waals surface area contributed by atoms with Gasteiger partial charge in [0, 0.05) is 5.92 Å². The van der Waals surface area contributed by atoms with Crippen molar-refractivity contribution < 1.29 is 14.3 Å². The zero-order valence-electron chi connectivity index (χ0n) is 14.6. The average Bonchev–Trinajstić information content (AvgIpc) is 2.70. The van der Waals surface area contributed by atoms with E-state index < -0.39 is 12.1 Å². The molecule has 0 saturated carbocycles. The lowest BCUT2D eigenvalue weighted by molar-refractivity contribution is -0.111. The number of nitrogens with one attached hydrogen (secondary N) is 1. The number of ether oxygens (including phenoxy) is 1. The summed E-state index contributed by atoms with van der Waals surface area (Å²) in [4.78, 5) is 23.7. The van der Waals surface area contributed by atoms with Gasteiger partial charge in [0.1, 0.15) is 12.9 Å². The van der Waals surface area contributed by atoms with Crippen LogP contribution in [0.2, 0.25) is 0 Å². The van der Waals surface area contributed by atoms with E-state index in [1.165, 1.54) is 0 Å². The Balaban J connectivity index is 1.80. The third-order valence-electron chi connectivity index (χ3n) is 4.38. The summed E-state index contributed by atoms with van der Waals surface area (Å²) in [5.74, 6) is -0.384. The highest BCUT2D eigenvalue weighted by molar-refractivity contribution is 5.87. The number of alkyl carbamates (subject to hydrolysis) is 1. The molecule has 3 rings (SSSR count). The Morgan fingerprint density at radius 2 is 1.69 bits per heavy atom. The van der Waals surface area contributed by atoms with Gasteiger partial charge in [-0.15, -0.1) is 0 Å². The van der Waals surface area contributed by atoms with Gasteiger partial charge in [-0.2, -0.15) is 0 Å². The minimum Gasteiger partial charge on any atom is -0.445 e. The number of hydrogen-bond donors (Lipinski definition) is 1. The number of fused-ring (bicyclic) bond motifs is 1. The second-order valence-corrected chi connectivity index (χ2v) is 6.25. The molecule has 3 aromatic rings. The highest BCUT2D eigenvalue weighted by Crippen LogP contribution is 2.28. The normalized spacial score (nSPS) is 13.0. The van der Waals surface area contributed by atoms with E-state index in [4.69, 9.17) is 4.74 Å². The topological polar surface area (TPSA) is 55.4 Å². The molecule has 3 aromatic carbocycles. The van der Waals surface area contributed by atoms with Crippen LogP contribution in [0.1, 0.15) is 24.1 Å². The van der Waals surface area contributed by atoms with Gasteiger partial charge in [0.25, 0.3) is 0 Å². The van der Waals surface area contributed by atoms with E-state index >= 15 is 0 Å². The molecule has 0 aliphatic rings. The van der Waals surface area contributed by atoms with Crippen LogP contribution < -0.4 is 5.32 Å². The summed E-state index contributed by atoms with van der Waals surface area (Å²) < 4.78 is 5.32. The Hall–Kier alpha value is -3.14. The summed E-state index contributed by atoms with van der Waals surface area (Å²) in [5, 5.41) is 4.93. The van der Waals surface area contributed by atoms with Gasteiger partial charge < -0.3 is 14.8 Å². The third-order valence-corrected chi connectivity index (χ3v) is 4.38. The van der Waals surface area contributed by atoms with Gasteiger partial charge in [-0.3, -0.25) is 0 Å². The molecule has 4 heteroatoms. The Morgan fingerprint density at radius 3 is 2.46 bits per heavy atom. The van der Waals surface area contributed by atoms with Crippen molar-refractivity contribution in [1.29, 1.82) is 0 Å². The summed E-state index contributed by atoms with van der Waals surface area (Å²) in [6.07, 6.45) is 0.310. The first kappa shape index (κ1) is 17.7. The largest absolute Gasteiger partial charge is 0.445 e. The van der Waals surface area contributed by atoms with E-state index in [2.05, 4.69) is 5.32 Å². The van der Waals surface area contributed by atoms with Gasteiger partial charge >= 0.3 is 6.09 Å². The molecule has 0 unspecified atom stereocenters. The Bertz CT molecular complexity index is 887. The van der Waals surface area contributed by atoms with Crippen LogP contribution >= 0.6 is 0 Å². The Morgan fingerprint density at radius 1 is 1.00 bits per heavy atom. The lowest BCUT2D eigenvalue weighted by atomic mass is 9.91. The van der Waals surface area contributed by atoms with Crippen molar-refractivity contribution in [2.24, 2.45) is 5.92 Å². The van der Waals surface area contributed by atoms with Crippen molar-refractivity contribution in [3.05, 3.63) is 83.9 Å². The lowest BCUT2D eigenvalue weighted by Crippen LogP contribution is -2.33. The van der Waals surface area contributed by atoms with Crippen LogP contribution in [0.4, 0.5) is 4.79 Å². The van der Waals surface area contributed by atoms with Gasteiger partial charge in [0.2, 0.25) is 0 Å². The second kappa shape index (κ2) is 8.30. The van der Waals surface area contributed by atoms with Crippen molar-refractivity contribution in [2.75, 3.05) is 0 Å². The zero-order chi connectivity index (χ0) is 18.4. The number of benzene rings is 3. The fraction of sp³-hybridized carbons (Fsp3) is 0.182. The molecule has 0 heterocycles. The fourth-order valence-corrected chi connectivity index (χ4v) is 2.98. The molecule has 0 aliphatic carbocycles. The van der Waals surface area contributed by atoms with Crippen molar-refractivity contribution >= 4 is 23.2 Å². The van der Waals surface area contributed by atoms with Crippen LogP contribution in [0.3, 0.4) is 0 Å². The number of rotatable bonds is 6. The summed E-state index contributed by atoms with van der Waals surface area (Å²) >= 11 is 0. The SMILES string of the molecule is C[C@H](C=O)[C@H](NC(=O)OCc1ccccc1)c1cccc2ccccc12. The van der Waals surface area contributed by atoms with E-state index in [0.717, 1.165) is 28.2 Å². The van der Waals surface area contributed by atoms with E-state index in [9.17, 15) is 9.59 Å². The molecule has 0 bridgehead atoms. The first-order valence-corrected chi connectivity index (χ1v) is 8.59. The lowest BCUT2D eigenvalue weighted by Gasteiger charge is -2.23. The molecule has 0 spiro atoms.